The minimum Gasteiger partial charge on any atom is -0.393 e. The van der Waals surface area contributed by atoms with Crippen LogP contribution in [0.4, 0.5) is 0 Å². The molecule has 3 nitrogen and oxygen atoms in total. The van der Waals surface area contributed by atoms with Gasteiger partial charge in [-0.15, -0.1) is 0 Å². The standard InChI is InChI=1S/C10H15NO2/c12-10-4-2-1-3-9(10)5-8-6-11-13-7-8/h6-7,9-10,12H,1-5H2. The highest BCUT2D eigenvalue weighted by Gasteiger charge is 2.23. The molecular weight excluding hydrogens is 166 g/mol. The van der Waals surface area contributed by atoms with E-state index in [-0.39, 0.29) is 6.10 Å². The number of rotatable bonds is 2. The Kier molecular flexibility index (Phi) is 2.64. The Morgan fingerprint density at radius 1 is 1.46 bits per heavy atom. The first-order valence-corrected chi connectivity index (χ1v) is 4.92. The maximum atomic E-state index is 9.72. The summed E-state index contributed by atoms with van der Waals surface area (Å²) in [7, 11) is 0. The highest BCUT2D eigenvalue weighted by atomic mass is 16.5. The molecule has 72 valence electrons. The highest BCUT2D eigenvalue weighted by Crippen LogP contribution is 2.27. The SMILES string of the molecule is OC1CCCCC1Cc1cnoc1. The lowest BCUT2D eigenvalue weighted by Crippen LogP contribution is -2.25. The molecule has 2 rings (SSSR count). The second-order valence-corrected chi connectivity index (χ2v) is 3.85. The van der Waals surface area contributed by atoms with Crippen molar-refractivity contribution in [3.63, 3.8) is 0 Å². The Bertz CT molecular complexity index is 245. The molecule has 0 spiro atoms. The van der Waals surface area contributed by atoms with Crippen molar-refractivity contribution in [2.24, 2.45) is 5.92 Å². The van der Waals surface area contributed by atoms with E-state index in [1.807, 2.05) is 0 Å². The molecule has 1 aliphatic rings. The van der Waals surface area contributed by atoms with Crippen LogP contribution in [0.5, 0.6) is 0 Å². The van der Waals surface area contributed by atoms with Crippen LogP contribution in [0.1, 0.15) is 31.2 Å². The van der Waals surface area contributed by atoms with Gasteiger partial charge in [0.15, 0.2) is 0 Å². The molecule has 0 saturated heterocycles. The summed E-state index contributed by atoms with van der Waals surface area (Å²) in [4.78, 5) is 0. The number of aromatic nitrogens is 1. The van der Waals surface area contributed by atoms with Crippen molar-refractivity contribution in [2.45, 2.75) is 38.2 Å². The number of hydrogen-bond acceptors (Lipinski definition) is 3. The molecule has 0 bridgehead atoms. The van der Waals surface area contributed by atoms with E-state index < -0.39 is 0 Å². The molecule has 2 unspecified atom stereocenters. The largest absolute Gasteiger partial charge is 0.393 e. The van der Waals surface area contributed by atoms with Crippen LogP contribution in [0, 0.1) is 5.92 Å². The zero-order valence-electron chi connectivity index (χ0n) is 7.65. The fraction of sp³-hybridized carbons (Fsp3) is 0.700. The highest BCUT2D eigenvalue weighted by molar-refractivity contribution is 5.02. The van der Waals surface area contributed by atoms with Crippen LogP contribution in [0.25, 0.3) is 0 Å². The predicted molar refractivity (Wildman–Crippen MR) is 48.2 cm³/mol. The molecule has 13 heavy (non-hydrogen) atoms. The van der Waals surface area contributed by atoms with Crippen molar-refractivity contribution >= 4 is 0 Å². The van der Waals surface area contributed by atoms with Crippen molar-refractivity contribution in [2.75, 3.05) is 0 Å². The van der Waals surface area contributed by atoms with Crippen LogP contribution in [0.15, 0.2) is 17.0 Å². The molecule has 1 aromatic heterocycles. The Labute approximate surface area is 77.7 Å². The Hall–Kier alpha value is -0.830. The van der Waals surface area contributed by atoms with Crippen molar-refractivity contribution in [3.05, 3.63) is 18.0 Å². The third kappa shape index (κ3) is 2.10. The van der Waals surface area contributed by atoms with Gasteiger partial charge in [0.05, 0.1) is 12.3 Å². The van der Waals surface area contributed by atoms with Crippen molar-refractivity contribution in [1.29, 1.82) is 0 Å². The second-order valence-electron chi connectivity index (χ2n) is 3.85. The van der Waals surface area contributed by atoms with E-state index in [2.05, 4.69) is 5.16 Å². The van der Waals surface area contributed by atoms with E-state index in [0.717, 1.165) is 24.8 Å². The third-order valence-corrected chi connectivity index (χ3v) is 2.85. The molecule has 0 aliphatic heterocycles. The minimum atomic E-state index is -0.122. The summed E-state index contributed by atoms with van der Waals surface area (Å²) in [5.41, 5.74) is 1.10. The summed E-state index contributed by atoms with van der Waals surface area (Å²) in [6.07, 6.45) is 8.69. The summed E-state index contributed by atoms with van der Waals surface area (Å²) >= 11 is 0. The first kappa shape index (κ1) is 8.75. The van der Waals surface area contributed by atoms with Crippen LogP contribution in [0.2, 0.25) is 0 Å². The molecule has 2 atom stereocenters. The number of hydrogen-bond donors (Lipinski definition) is 1. The molecule has 0 amide bonds. The van der Waals surface area contributed by atoms with Gasteiger partial charge >= 0.3 is 0 Å². The average molecular weight is 181 g/mol. The van der Waals surface area contributed by atoms with Crippen LogP contribution < -0.4 is 0 Å². The molecule has 1 aromatic rings. The number of aliphatic hydroxyl groups is 1. The fourth-order valence-corrected chi connectivity index (χ4v) is 2.06. The second kappa shape index (κ2) is 3.92. The van der Waals surface area contributed by atoms with Crippen LogP contribution in [0.3, 0.4) is 0 Å². The smallest absolute Gasteiger partial charge is 0.126 e. The third-order valence-electron chi connectivity index (χ3n) is 2.85. The van der Waals surface area contributed by atoms with Crippen LogP contribution >= 0.6 is 0 Å². The van der Waals surface area contributed by atoms with Gasteiger partial charge in [-0.25, -0.2) is 0 Å². The van der Waals surface area contributed by atoms with Gasteiger partial charge in [0, 0.05) is 5.56 Å². The first-order valence-electron chi connectivity index (χ1n) is 4.92. The van der Waals surface area contributed by atoms with Crippen molar-refractivity contribution < 1.29 is 9.63 Å². The monoisotopic (exact) mass is 181 g/mol. The molecule has 1 aliphatic carbocycles. The summed E-state index contributed by atoms with van der Waals surface area (Å²) in [6.45, 7) is 0. The van der Waals surface area contributed by atoms with Crippen LogP contribution in [-0.4, -0.2) is 16.4 Å². The Balaban J connectivity index is 1.93. The maximum Gasteiger partial charge on any atom is 0.126 e. The lowest BCUT2D eigenvalue weighted by atomic mass is 9.83. The van der Waals surface area contributed by atoms with Gasteiger partial charge in [-0.3, -0.25) is 0 Å². The lowest BCUT2D eigenvalue weighted by molar-refractivity contribution is 0.0699. The summed E-state index contributed by atoms with van der Waals surface area (Å²) in [5, 5.41) is 13.4. The fourth-order valence-electron chi connectivity index (χ4n) is 2.06. The van der Waals surface area contributed by atoms with Gasteiger partial charge in [-0.2, -0.15) is 0 Å². The molecule has 1 heterocycles. The summed E-state index contributed by atoms with van der Waals surface area (Å²) in [5.74, 6) is 0.410. The molecular formula is C10H15NO2. The van der Waals surface area contributed by atoms with Gasteiger partial charge in [0.25, 0.3) is 0 Å². The van der Waals surface area contributed by atoms with Gasteiger partial charge in [-0.05, 0) is 25.2 Å². The van der Waals surface area contributed by atoms with Crippen molar-refractivity contribution in [1.82, 2.24) is 5.16 Å². The zero-order valence-corrected chi connectivity index (χ0v) is 7.65. The van der Waals surface area contributed by atoms with Gasteiger partial charge < -0.3 is 9.63 Å². The van der Waals surface area contributed by atoms with E-state index in [0.29, 0.717) is 5.92 Å². The van der Waals surface area contributed by atoms with E-state index >= 15 is 0 Å². The van der Waals surface area contributed by atoms with Gasteiger partial charge in [0.2, 0.25) is 0 Å². The maximum absolute atomic E-state index is 9.72. The Morgan fingerprint density at radius 3 is 3.00 bits per heavy atom. The van der Waals surface area contributed by atoms with E-state index in [1.54, 1.807) is 12.5 Å². The summed E-state index contributed by atoms with van der Waals surface area (Å²) < 4.78 is 4.76. The zero-order chi connectivity index (χ0) is 9.10. The average Bonchev–Trinajstić information content (AvgIpc) is 2.61. The van der Waals surface area contributed by atoms with E-state index in [4.69, 9.17) is 4.52 Å². The summed E-state index contributed by atoms with van der Waals surface area (Å²) in [6, 6.07) is 0. The van der Waals surface area contributed by atoms with Crippen molar-refractivity contribution in [3.8, 4) is 0 Å². The number of aliphatic hydroxyl groups excluding tert-OH is 1. The predicted octanol–water partition coefficient (Wildman–Crippen LogP) is 1.77. The molecule has 1 fully saturated rings. The van der Waals surface area contributed by atoms with Crippen LogP contribution in [-0.2, 0) is 6.42 Å². The first-order chi connectivity index (χ1) is 6.36. The van der Waals surface area contributed by atoms with Gasteiger partial charge in [-0.1, -0.05) is 18.0 Å². The molecule has 1 saturated carbocycles. The number of nitrogens with zero attached hydrogens (tertiary/aromatic N) is 1. The van der Waals surface area contributed by atoms with E-state index in [9.17, 15) is 5.11 Å². The molecule has 0 aromatic carbocycles. The molecule has 0 radical (unpaired) electrons. The topological polar surface area (TPSA) is 46.3 Å². The quantitative estimate of drug-likeness (QED) is 0.756. The Morgan fingerprint density at radius 2 is 2.31 bits per heavy atom. The normalized spacial score (nSPS) is 29.0. The molecule has 3 heteroatoms. The van der Waals surface area contributed by atoms with E-state index in [1.165, 1.54) is 12.8 Å². The molecule has 1 N–H and O–H groups in total. The lowest BCUT2D eigenvalue weighted by Gasteiger charge is -2.26. The van der Waals surface area contributed by atoms with Gasteiger partial charge in [0.1, 0.15) is 6.26 Å². The minimum absolute atomic E-state index is 0.122.